The third-order valence-electron chi connectivity index (χ3n) is 8.33. The van der Waals surface area contributed by atoms with E-state index in [1.54, 1.807) is 0 Å². The van der Waals surface area contributed by atoms with Gasteiger partial charge in [-0.3, -0.25) is 0 Å². The molecule has 9 aromatic rings. The molecule has 0 aliphatic rings. The molecule has 202 valence electrons. The highest BCUT2D eigenvalue weighted by Crippen LogP contribution is 2.37. The zero-order valence-corrected chi connectivity index (χ0v) is 23.1. The second-order valence-corrected chi connectivity index (χ2v) is 10.7. The fraction of sp³-hybridized carbons (Fsp3) is 0. The van der Waals surface area contributed by atoms with Crippen molar-refractivity contribution in [2.24, 2.45) is 0 Å². The predicted molar refractivity (Wildman–Crippen MR) is 174 cm³/mol. The van der Waals surface area contributed by atoms with Crippen LogP contribution >= 0.6 is 0 Å². The zero-order chi connectivity index (χ0) is 28.3. The molecule has 0 atom stereocenters. The van der Waals surface area contributed by atoms with Crippen molar-refractivity contribution in [3.8, 4) is 34.3 Å². The van der Waals surface area contributed by atoms with Crippen LogP contribution in [0.15, 0.2) is 150 Å². The van der Waals surface area contributed by atoms with Crippen molar-refractivity contribution < 1.29 is 4.42 Å². The van der Waals surface area contributed by atoms with Gasteiger partial charge in [-0.2, -0.15) is 0 Å². The summed E-state index contributed by atoms with van der Waals surface area (Å²) in [7, 11) is 0. The lowest BCUT2D eigenvalue weighted by atomic mass is 10.1. The Bertz CT molecular complexity index is 2350. The van der Waals surface area contributed by atoms with Gasteiger partial charge < -0.3 is 13.6 Å². The molecule has 0 aliphatic carbocycles. The minimum Gasteiger partial charge on any atom is -0.416 e. The quantitative estimate of drug-likeness (QED) is 0.218. The number of nitrogens with zero attached hydrogens (tertiary/aromatic N) is 4. The molecule has 6 aromatic carbocycles. The monoisotopic (exact) mass is 552 g/mol. The van der Waals surface area contributed by atoms with E-state index < -0.39 is 0 Å². The summed E-state index contributed by atoms with van der Waals surface area (Å²) in [6, 6.07) is 50.6. The van der Waals surface area contributed by atoms with Crippen LogP contribution < -0.4 is 0 Å². The summed E-state index contributed by atoms with van der Waals surface area (Å²) in [4.78, 5) is 0. The van der Waals surface area contributed by atoms with Crippen molar-refractivity contribution in [2.75, 3.05) is 0 Å². The van der Waals surface area contributed by atoms with Crippen LogP contribution in [0, 0.1) is 0 Å². The van der Waals surface area contributed by atoms with Gasteiger partial charge in [-0.15, -0.1) is 10.2 Å². The second kappa shape index (κ2) is 9.29. The maximum Gasteiger partial charge on any atom is 0.250 e. The number of benzene rings is 6. The fourth-order valence-electron chi connectivity index (χ4n) is 6.43. The Morgan fingerprint density at radius 3 is 1.40 bits per heavy atom. The van der Waals surface area contributed by atoms with Gasteiger partial charge >= 0.3 is 0 Å². The van der Waals surface area contributed by atoms with E-state index in [4.69, 9.17) is 4.42 Å². The maximum atomic E-state index is 6.35. The Morgan fingerprint density at radius 2 is 0.837 bits per heavy atom. The largest absolute Gasteiger partial charge is 0.416 e. The summed E-state index contributed by atoms with van der Waals surface area (Å²) in [6.07, 6.45) is 0. The average molecular weight is 553 g/mol. The van der Waals surface area contributed by atoms with Gasteiger partial charge in [-0.1, -0.05) is 84.9 Å². The molecular weight excluding hydrogens is 528 g/mol. The van der Waals surface area contributed by atoms with E-state index in [0.29, 0.717) is 11.8 Å². The molecule has 0 bridgehead atoms. The Kier molecular flexibility index (Phi) is 5.13. The lowest BCUT2D eigenvalue weighted by molar-refractivity contribution is 0.584. The lowest BCUT2D eigenvalue weighted by Gasteiger charge is -2.11. The summed E-state index contributed by atoms with van der Waals surface area (Å²) in [5.41, 5.74) is 8.46. The highest BCUT2D eigenvalue weighted by Gasteiger charge is 2.19. The number of rotatable bonds is 4. The van der Waals surface area contributed by atoms with Gasteiger partial charge in [0.2, 0.25) is 11.8 Å². The second-order valence-electron chi connectivity index (χ2n) is 10.7. The molecule has 3 heterocycles. The van der Waals surface area contributed by atoms with Crippen LogP contribution in [0.4, 0.5) is 0 Å². The van der Waals surface area contributed by atoms with Crippen LogP contribution in [0.3, 0.4) is 0 Å². The Labute approximate surface area is 246 Å². The molecular formula is C38H24N4O. The highest BCUT2D eigenvalue weighted by atomic mass is 16.4. The average Bonchev–Trinajstić information content (AvgIpc) is 3.78. The van der Waals surface area contributed by atoms with Crippen molar-refractivity contribution >= 4 is 43.6 Å². The van der Waals surface area contributed by atoms with Gasteiger partial charge in [-0.25, -0.2) is 0 Å². The number of aromatic nitrogens is 4. The standard InChI is InChI=1S/C38H24N4O/c1-6-16-32-27(11-1)28-12-2-7-17-33(28)41(32)26-23-21-25(22-24-26)37-39-40-38(43-37)31-15-5-10-20-36(31)42-34-18-8-3-13-29(34)30-14-4-9-19-35(30)42/h1-24H. The lowest BCUT2D eigenvalue weighted by Crippen LogP contribution is -1.97. The molecule has 0 saturated heterocycles. The van der Waals surface area contributed by atoms with E-state index in [1.165, 1.54) is 32.6 Å². The van der Waals surface area contributed by atoms with Crippen LogP contribution in [-0.2, 0) is 0 Å². The molecule has 0 unspecified atom stereocenters. The SMILES string of the molecule is c1ccc(-n2c3ccccc3c3ccccc32)c(-c2nnc(-c3ccc(-n4c5ccccc5c5ccccc54)cc3)o2)c1. The van der Waals surface area contributed by atoms with Gasteiger partial charge in [0.1, 0.15) is 0 Å². The van der Waals surface area contributed by atoms with E-state index in [2.05, 4.69) is 147 Å². The third kappa shape index (κ3) is 3.58. The topological polar surface area (TPSA) is 48.8 Å². The van der Waals surface area contributed by atoms with Gasteiger partial charge in [0.15, 0.2) is 0 Å². The summed E-state index contributed by atoms with van der Waals surface area (Å²) >= 11 is 0. The summed E-state index contributed by atoms with van der Waals surface area (Å²) < 4.78 is 10.9. The first-order chi connectivity index (χ1) is 21.3. The van der Waals surface area contributed by atoms with Crippen LogP contribution in [0.2, 0.25) is 0 Å². The van der Waals surface area contributed by atoms with E-state index >= 15 is 0 Å². The number of hydrogen-bond donors (Lipinski definition) is 0. The Morgan fingerprint density at radius 1 is 0.395 bits per heavy atom. The van der Waals surface area contributed by atoms with E-state index in [-0.39, 0.29) is 0 Å². The molecule has 9 rings (SSSR count). The van der Waals surface area contributed by atoms with Gasteiger partial charge in [0.25, 0.3) is 0 Å². The maximum absolute atomic E-state index is 6.35. The van der Waals surface area contributed by atoms with Crippen molar-refractivity contribution in [1.82, 2.24) is 19.3 Å². The first-order valence-electron chi connectivity index (χ1n) is 14.4. The molecule has 0 radical (unpaired) electrons. The van der Waals surface area contributed by atoms with E-state index in [9.17, 15) is 0 Å². The van der Waals surface area contributed by atoms with Crippen LogP contribution in [0.25, 0.3) is 77.9 Å². The zero-order valence-electron chi connectivity index (χ0n) is 23.1. The summed E-state index contributed by atoms with van der Waals surface area (Å²) in [5, 5.41) is 13.9. The Balaban J connectivity index is 1.13. The van der Waals surface area contributed by atoms with Gasteiger partial charge in [0.05, 0.1) is 33.3 Å². The number of hydrogen-bond acceptors (Lipinski definition) is 3. The van der Waals surface area contributed by atoms with Crippen molar-refractivity contribution in [1.29, 1.82) is 0 Å². The highest BCUT2D eigenvalue weighted by molar-refractivity contribution is 6.10. The van der Waals surface area contributed by atoms with E-state index in [1.807, 2.05) is 18.2 Å². The first-order valence-corrected chi connectivity index (χ1v) is 14.4. The molecule has 0 fully saturated rings. The Hall–Kier alpha value is -5.94. The predicted octanol–water partition coefficient (Wildman–Crippen LogP) is 9.60. The number of para-hydroxylation sites is 5. The van der Waals surface area contributed by atoms with Crippen LogP contribution in [0.5, 0.6) is 0 Å². The van der Waals surface area contributed by atoms with E-state index in [0.717, 1.165) is 33.5 Å². The third-order valence-corrected chi connectivity index (χ3v) is 8.33. The molecule has 5 nitrogen and oxygen atoms in total. The molecule has 3 aromatic heterocycles. The van der Waals surface area contributed by atoms with Crippen molar-refractivity contribution in [2.45, 2.75) is 0 Å². The smallest absolute Gasteiger partial charge is 0.250 e. The molecule has 0 aliphatic heterocycles. The molecule has 0 spiro atoms. The number of fused-ring (bicyclic) bond motifs is 6. The van der Waals surface area contributed by atoms with Crippen LogP contribution in [-0.4, -0.2) is 19.3 Å². The molecule has 0 saturated carbocycles. The van der Waals surface area contributed by atoms with Gasteiger partial charge in [-0.05, 0) is 60.7 Å². The fourth-order valence-corrected chi connectivity index (χ4v) is 6.43. The minimum atomic E-state index is 0.485. The molecule has 43 heavy (non-hydrogen) atoms. The van der Waals surface area contributed by atoms with Crippen molar-refractivity contribution in [3.63, 3.8) is 0 Å². The van der Waals surface area contributed by atoms with Crippen molar-refractivity contribution in [3.05, 3.63) is 146 Å². The first kappa shape index (κ1) is 23.7. The molecule has 0 amide bonds. The minimum absolute atomic E-state index is 0.485. The van der Waals surface area contributed by atoms with Crippen LogP contribution in [0.1, 0.15) is 0 Å². The summed E-state index contributed by atoms with van der Waals surface area (Å²) in [6.45, 7) is 0. The van der Waals surface area contributed by atoms with Gasteiger partial charge in [0, 0.05) is 32.8 Å². The normalized spacial score (nSPS) is 11.7. The molecule has 0 N–H and O–H groups in total. The summed E-state index contributed by atoms with van der Waals surface area (Å²) in [5.74, 6) is 0.972. The molecule has 5 heteroatoms.